The Kier molecular flexibility index (Phi) is 4.64. The Bertz CT molecular complexity index is 613. The number of nitrogens with zero attached hydrogens (tertiary/aromatic N) is 1. The molecule has 0 unspecified atom stereocenters. The summed E-state index contributed by atoms with van der Waals surface area (Å²) in [6, 6.07) is 14.0. The van der Waals surface area contributed by atoms with Crippen LogP contribution in [0.3, 0.4) is 0 Å². The third kappa shape index (κ3) is 3.31. The molecule has 0 radical (unpaired) electrons. The van der Waals surface area contributed by atoms with Crippen molar-refractivity contribution in [2.24, 2.45) is 0 Å². The van der Waals surface area contributed by atoms with Crippen molar-refractivity contribution in [3.8, 4) is 5.75 Å². The number of phenolic OH excluding ortho intramolecular Hbond substituents is 1. The van der Waals surface area contributed by atoms with Gasteiger partial charge in [0.1, 0.15) is 5.75 Å². The number of benzene rings is 2. The molecule has 104 valence electrons. The van der Waals surface area contributed by atoms with Crippen LogP contribution in [0, 0.1) is 0 Å². The largest absolute Gasteiger partial charge is 0.508 e. The Balaban J connectivity index is 2.20. The molecule has 0 fully saturated rings. The number of aromatic hydroxyl groups is 1. The average molecular weight is 290 g/mol. The SMILES string of the molecule is CCN(C(=O)Cc1ccccc1Cl)c1cccc(O)c1. The summed E-state index contributed by atoms with van der Waals surface area (Å²) in [5.74, 6) is 0.0951. The van der Waals surface area contributed by atoms with Gasteiger partial charge in [-0.2, -0.15) is 0 Å². The van der Waals surface area contributed by atoms with Gasteiger partial charge in [0, 0.05) is 23.3 Å². The highest BCUT2D eigenvalue weighted by molar-refractivity contribution is 6.31. The molecule has 2 aromatic rings. The van der Waals surface area contributed by atoms with Crippen molar-refractivity contribution in [3.05, 3.63) is 59.1 Å². The van der Waals surface area contributed by atoms with E-state index >= 15 is 0 Å². The molecule has 0 aliphatic rings. The fourth-order valence-corrected chi connectivity index (χ4v) is 2.27. The summed E-state index contributed by atoms with van der Waals surface area (Å²) in [4.78, 5) is 14.0. The van der Waals surface area contributed by atoms with Crippen LogP contribution in [0.4, 0.5) is 5.69 Å². The van der Waals surface area contributed by atoms with Crippen molar-refractivity contribution in [1.82, 2.24) is 0 Å². The van der Waals surface area contributed by atoms with E-state index < -0.39 is 0 Å². The van der Waals surface area contributed by atoms with Crippen LogP contribution in [0.25, 0.3) is 0 Å². The zero-order chi connectivity index (χ0) is 14.5. The standard InChI is InChI=1S/C16H16ClNO2/c1-2-18(13-7-5-8-14(19)11-13)16(20)10-12-6-3-4-9-15(12)17/h3-9,11,19H,2,10H2,1H3. The van der Waals surface area contributed by atoms with Crippen LogP contribution in [0.1, 0.15) is 12.5 Å². The topological polar surface area (TPSA) is 40.5 Å². The summed E-state index contributed by atoms with van der Waals surface area (Å²) in [6.07, 6.45) is 0.239. The van der Waals surface area contributed by atoms with Crippen LogP contribution in [0.5, 0.6) is 5.75 Å². The maximum absolute atomic E-state index is 12.4. The second-order valence-electron chi connectivity index (χ2n) is 4.43. The molecular formula is C16H16ClNO2. The molecule has 4 heteroatoms. The van der Waals surface area contributed by atoms with Gasteiger partial charge >= 0.3 is 0 Å². The highest BCUT2D eigenvalue weighted by atomic mass is 35.5. The molecule has 0 spiro atoms. The zero-order valence-corrected chi connectivity index (χ0v) is 12.0. The van der Waals surface area contributed by atoms with Gasteiger partial charge in [-0.25, -0.2) is 0 Å². The van der Waals surface area contributed by atoms with Crippen LogP contribution in [-0.2, 0) is 11.2 Å². The molecule has 3 nitrogen and oxygen atoms in total. The highest BCUT2D eigenvalue weighted by Crippen LogP contribution is 2.22. The number of likely N-dealkylation sites (N-methyl/N-ethyl adjacent to an activating group) is 1. The summed E-state index contributed by atoms with van der Waals surface area (Å²) in [7, 11) is 0. The Hall–Kier alpha value is -2.00. The second-order valence-corrected chi connectivity index (χ2v) is 4.83. The van der Waals surface area contributed by atoms with Crippen LogP contribution in [-0.4, -0.2) is 17.6 Å². The molecule has 1 amide bonds. The monoisotopic (exact) mass is 289 g/mol. The van der Waals surface area contributed by atoms with Crippen molar-refractivity contribution < 1.29 is 9.90 Å². The number of carbonyl (C=O) groups excluding carboxylic acids is 1. The normalized spacial score (nSPS) is 10.3. The van der Waals surface area contributed by atoms with Gasteiger partial charge in [0.15, 0.2) is 0 Å². The molecule has 0 aliphatic carbocycles. The maximum Gasteiger partial charge on any atom is 0.231 e. The fourth-order valence-electron chi connectivity index (χ4n) is 2.06. The highest BCUT2D eigenvalue weighted by Gasteiger charge is 2.15. The molecule has 0 heterocycles. The van der Waals surface area contributed by atoms with Gasteiger partial charge in [-0.05, 0) is 30.7 Å². The van der Waals surface area contributed by atoms with Crippen LogP contribution in [0.2, 0.25) is 5.02 Å². The van der Waals surface area contributed by atoms with Gasteiger partial charge in [0.05, 0.1) is 6.42 Å². The summed E-state index contributed by atoms with van der Waals surface area (Å²) in [6.45, 7) is 2.43. The molecule has 0 atom stereocenters. The minimum absolute atomic E-state index is 0.0498. The summed E-state index contributed by atoms with van der Waals surface area (Å²) in [5, 5.41) is 10.1. The smallest absolute Gasteiger partial charge is 0.231 e. The molecule has 0 saturated carbocycles. The summed E-state index contributed by atoms with van der Waals surface area (Å²) in [5.41, 5.74) is 1.49. The molecule has 2 rings (SSSR count). The first-order valence-corrected chi connectivity index (χ1v) is 6.82. The quantitative estimate of drug-likeness (QED) is 0.933. The van der Waals surface area contributed by atoms with Gasteiger partial charge in [-0.3, -0.25) is 4.79 Å². The molecule has 0 bridgehead atoms. The van der Waals surface area contributed by atoms with Gasteiger partial charge < -0.3 is 10.0 Å². The first-order chi connectivity index (χ1) is 9.61. The van der Waals surface area contributed by atoms with Crippen molar-refractivity contribution in [2.45, 2.75) is 13.3 Å². The van der Waals surface area contributed by atoms with E-state index in [0.717, 1.165) is 5.56 Å². The molecule has 0 saturated heterocycles. The lowest BCUT2D eigenvalue weighted by Gasteiger charge is -2.21. The Morgan fingerprint density at radius 3 is 2.60 bits per heavy atom. The molecule has 1 N–H and O–H groups in total. The second kappa shape index (κ2) is 6.44. The van der Waals surface area contributed by atoms with E-state index in [4.69, 9.17) is 11.6 Å². The predicted octanol–water partition coefficient (Wildman–Crippen LogP) is 3.64. The number of carbonyl (C=O) groups is 1. The van der Waals surface area contributed by atoms with E-state index in [0.29, 0.717) is 17.3 Å². The third-order valence-corrected chi connectivity index (χ3v) is 3.43. The van der Waals surface area contributed by atoms with E-state index in [1.165, 1.54) is 0 Å². The van der Waals surface area contributed by atoms with Crippen LogP contribution >= 0.6 is 11.6 Å². The van der Waals surface area contributed by atoms with Crippen LogP contribution in [0.15, 0.2) is 48.5 Å². The van der Waals surface area contributed by atoms with Crippen molar-refractivity contribution in [3.63, 3.8) is 0 Å². The van der Waals surface area contributed by atoms with E-state index in [1.54, 1.807) is 35.2 Å². The summed E-state index contributed by atoms with van der Waals surface area (Å²) >= 11 is 6.08. The maximum atomic E-state index is 12.4. The molecule has 20 heavy (non-hydrogen) atoms. The van der Waals surface area contributed by atoms with Gasteiger partial charge in [0.25, 0.3) is 0 Å². The van der Waals surface area contributed by atoms with Gasteiger partial charge in [0.2, 0.25) is 5.91 Å². The van der Waals surface area contributed by atoms with Gasteiger partial charge in [-0.15, -0.1) is 0 Å². The third-order valence-electron chi connectivity index (χ3n) is 3.06. The van der Waals surface area contributed by atoms with E-state index in [-0.39, 0.29) is 18.1 Å². The number of rotatable bonds is 4. The average Bonchev–Trinajstić information content (AvgIpc) is 2.42. The van der Waals surface area contributed by atoms with Crippen molar-refractivity contribution >= 4 is 23.2 Å². The number of anilines is 1. The minimum Gasteiger partial charge on any atom is -0.508 e. The van der Waals surface area contributed by atoms with Crippen molar-refractivity contribution in [1.29, 1.82) is 0 Å². The summed E-state index contributed by atoms with van der Waals surface area (Å²) < 4.78 is 0. The van der Waals surface area contributed by atoms with E-state index in [1.807, 2.05) is 25.1 Å². The number of amides is 1. The molecule has 2 aromatic carbocycles. The Morgan fingerprint density at radius 1 is 1.20 bits per heavy atom. The van der Waals surface area contributed by atoms with Crippen molar-refractivity contribution in [2.75, 3.05) is 11.4 Å². The first-order valence-electron chi connectivity index (χ1n) is 6.44. The molecule has 0 aromatic heterocycles. The Morgan fingerprint density at radius 2 is 1.95 bits per heavy atom. The zero-order valence-electron chi connectivity index (χ0n) is 11.2. The first kappa shape index (κ1) is 14.4. The Labute approximate surface area is 123 Å². The lowest BCUT2D eigenvalue weighted by atomic mass is 10.1. The number of hydrogen-bond donors (Lipinski definition) is 1. The molecular weight excluding hydrogens is 274 g/mol. The minimum atomic E-state index is -0.0498. The molecule has 0 aliphatic heterocycles. The lowest BCUT2D eigenvalue weighted by Crippen LogP contribution is -2.32. The number of halogens is 1. The predicted molar refractivity (Wildman–Crippen MR) is 81.3 cm³/mol. The number of hydrogen-bond acceptors (Lipinski definition) is 2. The number of phenols is 1. The van der Waals surface area contributed by atoms with Gasteiger partial charge in [-0.1, -0.05) is 35.9 Å². The van der Waals surface area contributed by atoms with Crippen LogP contribution < -0.4 is 4.90 Å². The fraction of sp³-hybridized carbons (Fsp3) is 0.188. The van der Waals surface area contributed by atoms with E-state index in [2.05, 4.69) is 0 Å². The van der Waals surface area contributed by atoms with E-state index in [9.17, 15) is 9.90 Å². The lowest BCUT2D eigenvalue weighted by molar-refractivity contribution is -0.117.